The van der Waals surface area contributed by atoms with Crippen LogP contribution in [0.1, 0.15) is 0 Å². The SMILES string of the molecule is COc1ccc(-c2nnn(CCOc3cccc(Cl)c3)n2)cc1OC. The first-order valence-electron chi connectivity index (χ1n) is 7.58. The molecule has 0 bridgehead atoms. The van der Waals surface area contributed by atoms with Crippen molar-refractivity contribution < 1.29 is 14.2 Å². The molecule has 0 N–H and O–H groups in total. The number of halogens is 1. The van der Waals surface area contributed by atoms with Gasteiger partial charge in [-0.1, -0.05) is 17.7 Å². The quantitative estimate of drug-likeness (QED) is 0.644. The summed E-state index contributed by atoms with van der Waals surface area (Å²) < 4.78 is 16.1. The summed E-state index contributed by atoms with van der Waals surface area (Å²) in [6.45, 7) is 0.870. The van der Waals surface area contributed by atoms with Gasteiger partial charge in [0, 0.05) is 10.6 Å². The largest absolute Gasteiger partial charge is 0.493 e. The van der Waals surface area contributed by atoms with Gasteiger partial charge in [-0.15, -0.1) is 10.2 Å². The zero-order valence-electron chi connectivity index (χ0n) is 13.8. The molecular formula is C17H17ClN4O3. The van der Waals surface area contributed by atoms with Crippen molar-refractivity contribution in [3.8, 4) is 28.6 Å². The lowest BCUT2D eigenvalue weighted by atomic mass is 10.2. The molecule has 2 aromatic carbocycles. The molecular weight excluding hydrogens is 344 g/mol. The van der Waals surface area contributed by atoms with E-state index in [1.54, 1.807) is 32.4 Å². The van der Waals surface area contributed by atoms with E-state index in [0.717, 1.165) is 5.56 Å². The molecule has 130 valence electrons. The average molecular weight is 361 g/mol. The number of aromatic nitrogens is 4. The number of benzene rings is 2. The maximum absolute atomic E-state index is 5.92. The van der Waals surface area contributed by atoms with E-state index in [-0.39, 0.29) is 0 Å². The van der Waals surface area contributed by atoms with Crippen molar-refractivity contribution in [1.82, 2.24) is 20.2 Å². The number of tetrazole rings is 1. The summed E-state index contributed by atoms with van der Waals surface area (Å²) in [6, 6.07) is 12.7. The second-order valence-electron chi connectivity index (χ2n) is 5.08. The molecule has 7 nitrogen and oxygen atoms in total. The van der Waals surface area contributed by atoms with Crippen LogP contribution in [0.5, 0.6) is 17.2 Å². The molecule has 25 heavy (non-hydrogen) atoms. The van der Waals surface area contributed by atoms with Crippen LogP contribution in [0.3, 0.4) is 0 Å². The molecule has 0 aliphatic rings. The van der Waals surface area contributed by atoms with Gasteiger partial charge >= 0.3 is 0 Å². The smallest absolute Gasteiger partial charge is 0.205 e. The van der Waals surface area contributed by atoms with Gasteiger partial charge in [0.1, 0.15) is 12.4 Å². The molecule has 0 aliphatic heterocycles. The lowest BCUT2D eigenvalue weighted by Crippen LogP contribution is -2.11. The highest BCUT2D eigenvalue weighted by Gasteiger charge is 2.10. The summed E-state index contributed by atoms with van der Waals surface area (Å²) in [5, 5.41) is 13.1. The number of hydrogen-bond acceptors (Lipinski definition) is 6. The van der Waals surface area contributed by atoms with Gasteiger partial charge in [0.2, 0.25) is 5.82 Å². The summed E-state index contributed by atoms with van der Waals surface area (Å²) in [5.41, 5.74) is 0.791. The fourth-order valence-corrected chi connectivity index (χ4v) is 2.41. The van der Waals surface area contributed by atoms with Gasteiger partial charge in [-0.05, 0) is 41.6 Å². The van der Waals surface area contributed by atoms with Gasteiger partial charge in [0.15, 0.2) is 11.5 Å². The molecule has 0 unspecified atom stereocenters. The Labute approximate surface area is 150 Å². The van der Waals surface area contributed by atoms with E-state index >= 15 is 0 Å². The first-order chi connectivity index (χ1) is 12.2. The third kappa shape index (κ3) is 4.19. The predicted molar refractivity (Wildman–Crippen MR) is 93.3 cm³/mol. The van der Waals surface area contributed by atoms with Crippen LogP contribution < -0.4 is 14.2 Å². The Morgan fingerprint density at radius 2 is 1.88 bits per heavy atom. The average Bonchev–Trinajstić information content (AvgIpc) is 3.10. The molecule has 0 fully saturated rings. The monoisotopic (exact) mass is 360 g/mol. The Kier molecular flexibility index (Phi) is 5.35. The molecule has 1 aromatic heterocycles. The Balaban J connectivity index is 1.64. The summed E-state index contributed by atoms with van der Waals surface area (Å²) >= 11 is 5.92. The van der Waals surface area contributed by atoms with Gasteiger partial charge in [0.05, 0.1) is 20.8 Å². The topological polar surface area (TPSA) is 71.3 Å². The Bertz CT molecular complexity index is 853. The third-order valence-corrected chi connectivity index (χ3v) is 3.69. The minimum Gasteiger partial charge on any atom is -0.493 e. The van der Waals surface area contributed by atoms with Crippen molar-refractivity contribution in [2.75, 3.05) is 20.8 Å². The van der Waals surface area contributed by atoms with Gasteiger partial charge < -0.3 is 14.2 Å². The van der Waals surface area contributed by atoms with Crippen LogP contribution in [0, 0.1) is 0 Å². The van der Waals surface area contributed by atoms with Crippen LogP contribution in [0.2, 0.25) is 5.02 Å². The van der Waals surface area contributed by atoms with E-state index < -0.39 is 0 Å². The fraction of sp³-hybridized carbons (Fsp3) is 0.235. The Hall–Kier alpha value is -2.80. The van der Waals surface area contributed by atoms with E-state index in [4.69, 9.17) is 25.8 Å². The number of methoxy groups -OCH3 is 2. The van der Waals surface area contributed by atoms with Gasteiger partial charge in [-0.25, -0.2) is 0 Å². The van der Waals surface area contributed by atoms with Crippen LogP contribution in [0.25, 0.3) is 11.4 Å². The Morgan fingerprint density at radius 1 is 1.04 bits per heavy atom. The molecule has 0 atom stereocenters. The summed E-state index contributed by atoms with van der Waals surface area (Å²) in [6.07, 6.45) is 0. The van der Waals surface area contributed by atoms with Crippen LogP contribution in [-0.2, 0) is 6.54 Å². The highest BCUT2D eigenvalue weighted by Crippen LogP contribution is 2.30. The minimum absolute atomic E-state index is 0.405. The maximum atomic E-state index is 5.92. The highest BCUT2D eigenvalue weighted by molar-refractivity contribution is 6.30. The molecule has 3 aromatic rings. The van der Waals surface area contributed by atoms with Crippen LogP contribution in [0.4, 0.5) is 0 Å². The van der Waals surface area contributed by atoms with Crippen molar-refractivity contribution >= 4 is 11.6 Å². The molecule has 0 saturated carbocycles. The number of ether oxygens (including phenoxy) is 3. The second kappa shape index (κ2) is 7.85. The van der Waals surface area contributed by atoms with Crippen molar-refractivity contribution in [1.29, 1.82) is 0 Å². The second-order valence-corrected chi connectivity index (χ2v) is 5.52. The van der Waals surface area contributed by atoms with Gasteiger partial charge in [-0.2, -0.15) is 4.80 Å². The maximum Gasteiger partial charge on any atom is 0.205 e. The number of rotatable bonds is 7. The molecule has 0 aliphatic carbocycles. The zero-order chi connectivity index (χ0) is 17.6. The molecule has 8 heteroatoms. The lowest BCUT2D eigenvalue weighted by Gasteiger charge is -2.07. The van der Waals surface area contributed by atoms with Crippen molar-refractivity contribution in [2.45, 2.75) is 6.54 Å². The van der Waals surface area contributed by atoms with E-state index in [1.165, 1.54) is 4.80 Å². The van der Waals surface area contributed by atoms with Gasteiger partial charge in [0.25, 0.3) is 0 Å². The fourth-order valence-electron chi connectivity index (χ4n) is 2.23. The number of hydrogen-bond donors (Lipinski definition) is 0. The van der Waals surface area contributed by atoms with Crippen molar-refractivity contribution in [3.63, 3.8) is 0 Å². The predicted octanol–water partition coefficient (Wildman–Crippen LogP) is 3.09. The lowest BCUT2D eigenvalue weighted by molar-refractivity contribution is 0.280. The first kappa shape index (κ1) is 17.0. The summed E-state index contributed by atoms with van der Waals surface area (Å²) in [7, 11) is 3.17. The van der Waals surface area contributed by atoms with Crippen molar-refractivity contribution in [2.24, 2.45) is 0 Å². The normalized spacial score (nSPS) is 10.5. The molecule has 0 amide bonds. The van der Waals surface area contributed by atoms with E-state index in [1.807, 2.05) is 24.3 Å². The summed E-state index contributed by atoms with van der Waals surface area (Å²) in [5.74, 6) is 2.46. The van der Waals surface area contributed by atoms with E-state index in [0.29, 0.717) is 41.2 Å². The molecule has 0 saturated heterocycles. The van der Waals surface area contributed by atoms with Crippen molar-refractivity contribution in [3.05, 3.63) is 47.5 Å². The van der Waals surface area contributed by atoms with Gasteiger partial charge in [-0.3, -0.25) is 0 Å². The van der Waals surface area contributed by atoms with Crippen LogP contribution in [-0.4, -0.2) is 41.0 Å². The van der Waals surface area contributed by atoms with Crippen LogP contribution in [0.15, 0.2) is 42.5 Å². The minimum atomic E-state index is 0.405. The summed E-state index contributed by atoms with van der Waals surface area (Å²) in [4.78, 5) is 1.48. The number of nitrogens with zero attached hydrogens (tertiary/aromatic N) is 4. The van der Waals surface area contributed by atoms with Crippen LogP contribution >= 0.6 is 11.6 Å². The molecule has 1 heterocycles. The van der Waals surface area contributed by atoms with E-state index in [9.17, 15) is 0 Å². The highest BCUT2D eigenvalue weighted by atomic mass is 35.5. The zero-order valence-corrected chi connectivity index (χ0v) is 14.6. The Morgan fingerprint density at radius 3 is 2.64 bits per heavy atom. The first-order valence-corrected chi connectivity index (χ1v) is 7.96. The molecule has 0 spiro atoms. The molecule has 0 radical (unpaired) electrons. The van der Waals surface area contributed by atoms with E-state index in [2.05, 4.69) is 15.4 Å². The third-order valence-electron chi connectivity index (χ3n) is 3.45. The standard InChI is InChI=1S/C17H17ClN4O3/c1-23-15-7-6-12(10-16(15)24-2)17-19-21-22(20-17)8-9-25-14-5-3-4-13(18)11-14/h3-7,10-11H,8-9H2,1-2H3. The molecule has 3 rings (SSSR count).